The molecular formula is C19H28N2O3. The lowest BCUT2D eigenvalue weighted by Gasteiger charge is -2.28. The number of carbonyl (C=O) groups is 2. The number of hydrogen-bond acceptors (Lipinski definition) is 4. The molecule has 1 aromatic rings. The van der Waals surface area contributed by atoms with Gasteiger partial charge in [0.1, 0.15) is 0 Å². The Morgan fingerprint density at radius 1 is 1.21 bits per heavy atom. The van der Waals surface area contributed by atoms with Gasteiger partial charge in [-0.15, -0.1) is 0 Å². The Labute approximate surface area is 144 Å². The van der Waals surface area contributed by atoms with E-state index in [1.54, 1.807) is 0 Å². The summed E-state index contributed by atoms with van der Waals surface area (Å²) in [7, 11) is 1.36. The molecule has 0 bridgehead atoms. The average molecular weight is 332 g/mol. The molecule has 0 heterocycles. The molecule has 0 radical (unpaired) electrons. The summed E-state index contributed by atoms with van der Waals surface area (Å²) in [5.41, 5.74) is 1.30. The first-order valence-electron chi connectivity index (χ1n) is 8.80. The summed E-state index contributed by atoms with van der Waals surface area (Å²) in [5.74, 6) is -0.314. The minimum atomic E-state index is -0.299. The summed E-state index contributed by atoms with van der Waals surface area (Å²) >= 11 is 0. The molecule has 5 heteroatoms. The Morgan fingerprint density at radius 3 is 2.58 bits per heavy atom. The van der Waals surface area contributed by atoms with Gasteiger partial charge in [0.2, 0.25) is 5.91 Å². The number of methoxy groups -OCH3 is 1. The van der Waals surface area contributed by atoms with E-state index in [2.05, 4.69) is 39.2 Å². The fourth-order valence-corrected chi connectivity index (χ4v) is 3.22. The highest BCUT2D eigenvalue weighted by Crippen LogP contribution is 2.23. The number of nitrogens with one attached hydrogen (secondary N) is 1. The van der Waals surface area contributed by atoms with Crippen molar-refractivity contribution in [1.29, 1.82) is 0 Å². The lowest BCUT2D eigenvalue weighted by Crippen LogP contribution is -2.43. The molecule has 1 aromatic carbocycles. The maximum Gasteiger partial charge on any atom is 0.307 e. The van der Waals surface area contributed by atoms with Crippen LogP contribution in [0.15, 0.2) is 30.3 Å². The maximum atomic E-state index is 12.2. The van der Waals surface area contributed by atoms with Crippen LogP contribution in [-0.4, -0.2) is 49.6 Å². The van der Waals surface area contributed by atoms with E-state index in [-0.39, 0.29) is 18.3 Å². The Bertz CT molecular complexity index is 513. The van der Waals surface area contributed by atoms with Gasteiger partial charge in [0, 0.05) is 19.1 Å². The molecule has 0 atom stereocenters. The molecule has 1 aliphatic rings. The molecule has 5 nitrogen and oxygen atoms in total. The molecular weight excluding hydrogens is 304 g/mol. The van der Waals surface area contributed by atoms with Crippen molar-refractivity contribution in [3.05, 3.63) is 35.9 Å². The van der Waals surface area contributed by atoms with E-state index in [0.717, 1.165) is 13.0 Å². The highest BCUT2D eigenvalue weighted by molar-refractivity contribution is 5.78. The van der Waals surface area contributed by atoms with Crippen molar-refractivity contribution in [2.45, 2.75) is 44.6 Å². The van der Waals surface area contributed by atoms with Crippen LogP contribution in [0.25, 0.3) is 0 Å². The second-order valence-electron chi connectivity index (χ2n) is 6.32. The molecule has 2 rings (SSSR count). The number of esters is 1. The first-order chi connectivity index (χ1) is 11.7. The number of ether oxygens (including phenoxy) is 1. The third-order valence-electron chi connectivity index (χ3n) is 4.60. The minimum absolute atomic E-state index is 0.0149. The van der Waals surface area contributed by atoms with Crippen molar-refractivity contribution in [3.63, 3.8) is 0 Å². The van der Waals surface area contributed by atoms with Gasteiger partial charge in [-0.2, -0.15) is 0 Å². The molecule has 132 valence electrons. The third kappa shape index (κ3) is 6.32. The highest BCUT2D eigenvalue weighted by Gasteiger charge is 2.24. The van der Waals surface area contributed by atoms with Gasteiger partial charge in [-0.05, 0) is 24.8 Å². The van der Waals surface area contributed by atoms with Crippen LogP contribution in [0, 0.1) is 0 Å². The molecule has 1 amide bonds. The molecule has 0 aliphatic heterocycles. The molecule has 0 spiro atoms. The van der Waals surface area contributed by atoms with Gasteiger partial charge in [0.15, 0.2) is 0 Å². The second kappa shape index (κ2) is 10.1. The molecule has 0 unspecified atom stereocenters. The Balaban J connectivity index is 1.81. The van der Waals surface area contributed by atoms with Crippen LogP contribution in [0.5, 0.6) is 0 Å². The fourth-order valence-electron chi connectivity index (χ4n) is 3.22. The van der Waals surface area contributed by atoms with Crippen LogP contribution in [0.4, 0.5) is 0 Å². The van der Waals surface area contributed by atoms with Crippen LogP contribution >= 0.6 is 0 Å². The normalized spacial score (nSPS) is 14.8. The zero-order valence-corrected chi connectivity index (χ0v) is 14.5. The molecule has 0 saturated heterocycles. The number of hydrogen-bond donors (Lipinski definition) is 1. The molecule has 1 saturated carbocycles. The van der Waals surface area contributed by atoms with Crippen molar-refractivity contribution >= 4 is 11.9 Å². The van der Waals surface area contributed by atoms with Crippen LogP contribution < -0.4 is 5.32 Å². The van der Waals surface area contributed by atoms with E-state index in [4.69, 9.17) is 0 Å². The summed E-state index contributed by atoms with van der Waals surface area (Å²) in [5, 5.41) is 2.82. The number of nitrogens with zero attached hydrogens (tertiary/aromatic N) is 1. The van der Waals surface area contributed by atoms with Crippen LogP contribution in [0.2, 0.25) is 0 Å². The Hall–Kier alpha value is -1.88. The van der Waals surface area contributed by atoms with Crippen molar-refractivity contribution in [3.8, 4) is 0 Å². The van der Waals surface area contributed by atoms with Gasteiger partial charge in [0.05, 0.1) is 20.1 Å². The number of benzene rings is 1. The molecule has 0 aromatic heterocycles. The van der Waals surface area contributed by atoms with E-state index in [1.807, 2.05) is 6.07 Å². The largest absolute Gasteiger partial charge is 0.469 e. The molecule has 1 N–H and O–H groups in total. The second-order valence-corrected chi connectivity index (χ2v) is 6.32. The lowest BCUT2D eigenvalue weighted by molar-refractivity contribution is -0.140. The van der Waals surface area contributed by atoms with E-state index in [1.165, 1.54) is 38.4 Å². The zero-order valence-electron chi connectivity index (χ0n) is 14.5. The van der Waals surface area contributed by atoms with Gasteiger partial charge in [-0.25, -0.2) is 0 Å². The maximum absolute atomic E-state index is 12.2. The van der Waals surface area contributed by atoms with Crippen LogP contribution in [0.3, 0.4) is 0 Å². The van der Waals surface area contributed by atoms with Gasteiger partial charge >= 0.3 is 5.97 Å². The van der Waals surface area contributed by atoms with Crippen LogP contribution in [0.1, 0.15) is 37.7 Å². The van der Waals surface area contributed by atoms with Gasteiger partial charge in [-0.3, -0.25) is 14.5 Å². The SMILES string of the molecule is COC(=O)CCNC(=O)CN(CCc1ccccc1)C1CCCC1. The molecule has 1 fully saturated rings. The molecule has 24 heavy (non-hydrogen) atoms. The van der Waals surface area contributed by atoms with Crippen molar-refractivity contribution in [2.75, 3.05) is 26.7 Å². The standard InChI is InChI=1S/C19H28N2O3/c1-24-19(23)11-13-20-18(22)15-21(17-9-5-6-10-17)14-12-16-7-3-2-4-8-16/h2-4,7-8,17H,5-6,9-15H2,1H3,(H,20,22). The Kier molecular flexibility index (Phi) is 7.75. The predicted molar refractivity (Wildman–Crippen MR) is 93.6 cm³/mol. The summed E-state index contributed by atoms with van der Waals surface area (Å²) < 4.78 is 4.58. The Morgan fingerprint density at radius 2 is 1.92 bits per heavy atom. The summed E-state index contributed by atoms with van der Waals surface area (Å²) in [4.78, 5) is 25.6. The minimum Gasteiger partial charge on any atom is -0.469 e. The lowest BCUT2D eigenvalue weighted by atomic mass is 10.1. The fraction of sp³-hybridized carbons (Fsp3) is 0.579. The van der Waals surface area contributed by atoms with E-state index < -0.39 is 0 Å². The smallest absolute Gasteiger partial charge is 0.307 e. The summed E-state index contributed by atoms with van der Waals surface area (Å²) in [6.45, 7) is 1.63. The monoisotopic (exact) mass is 332 g/mol. The topological polar surface area (TPSA) is 58.6 Å². The van der Waals surface area contributed by atoms with Crippen molar-refractivity contribution < 1.29 is 14.3 Å². The summed E-state index contributed by atoms with van der Waals surface area (Å²) in [6, 6.07) is 10.9. The van der Waals surface area contributed by atoms with Crippen molar-refractivity contribution in [2.24, 2.45) is 0 Å². The average Bonchev–Trinajstić information content (AvgIpc) is 3.13. The predicted octanol–water partition coefficient (Wildman–Crippen LogP) is 2.15. The zero-order chi connectivity index (χ0) is 17.2. The number of rotatable bonds is 9. The van der Waals surface area contributed by atoms with Crippen molar-refractivity contribution in [1.82, 2.24) is 10.2 Å². The van der Waals surface area contributed by atoms with Crippen LogP contribution in [-0.2, 0) is 20.7 Å². The molecule has 1 aliphatic carbocycles. The van der Waals surface area contributed by atoms with Gasteiger partial charge in [0.25, 0.3) is 0 Å². The number of carbonyl (C=O) groups excluding carboxylic acids is 2. The van der Waals surface area contributed by atoms with Gasteiger partial charge in [-0.1, -0.05) is 43.2 Å². The quantitative estimate of drug-likeness (QED) is 0.704. The van der Waals surface area contributed by atoms with Gasteiger partial charge < -0.3 is 10.1 Å². The highest BCUT2D eigenvalue weighted by atomic mass is 16.5. The van der Waals surface area contributed by atoms with E-state index in [0.29, 0.717) is 19.1 Å². The number of amides is 1. The van der Waals surface area contributed by atoms with E-state index in [9.17, 15) is 9.59 Å². The first kappa shape index (κ1) is 18.5. The van der Waals surface area contributed by atoms with E-state index >= 15 is 0 Å². The third-order valence-corrected chi connectivity index (χ3v) is 4.60. The summed E-state index contributed by atoms with van der Waals surface area (Å²) in [6.07, 6.45) is 6.00. The first-order valence-corrected chi connectivity index (χ1v) is 8.80.